The number of rotatable bonds is 2. The van der Waals surface area contributed by atoms with Crippen molar-refractivity contribution in [3.05, 3.63) is 24.3 Å². The van der Waals surface area contributed by atoms with Gasteiger partial charge in [0.25, 0.3) is 0 Å². The van der Waals surface area contributed by atoms with Crippen molar-refractivity contribution in [3.63, 3.8) is 0 Å². The molecule has 0 amide bonds. The Kier molecular flexibility index (Phi) is 5.93. The molecule has 4 heteroatoms. The number of hydrogen-bond acceptors (Lipinski definition) is 4. The van der Waals surface area contributed by atoms with Crippen LogP contribution in [0.2, 0.25) is 0 Å². The van der Waals surface area contributed by atoms with E-state index in [4.69, 9.17) is 19.7 Å². The van der Waals surface area contributed by atoms with E-state index in [1.54, 1.807) is 14.2 Å². The van der Waals surface area contributed by atoms with Crippen LogP contribution in [0.4, 0.5) is 0 Å². The summed E-state index contributed by atoms with van der Waals surface area (Å²) >= 11 is 0. The van der Waals surface area contributed by atoms with Crippen LogP contribution in [0, 0.1) is 5.41 Å². The van der Waals surface area contributed by atoms with Crippen molar-refractivity contribution in [2.75, 3.05) is 14.2 Å². The fraction of sp³-hybridized carbons (Fsp3) is 0.222. The zero-order chi connectivity index (χ0) is 10.1. The molecule has 1 rings (SSSR count). The Morgan fingerprint density at radius 1 is 1.15 bits per heavy atom. The lowest BCUT2D eigenvalue weighted by Gasteiger charge is -2.04. The maximum Gasteiger partial charge on any atom is 0.231 e. The van der Waals surface area contributed by atoms with Crippen LogP contribution in [0.15, 0.2) is 24.3 Å². The smallest absolute Gasteiger partial charge is 0.231 e. The minimum atomic E-state index is 0.750. The molecule has 0 unspecified atom stereocenters. The third-order valence-electron chi connectivity index (χ3n) is 1.29. The molecule has 0 aliphatic carbocycles. The van der Waals surface area contributed by atoms with Crippen molar-refractivity contribution in [2.24, 2.45) is 0 Å². The Labute approximate surface area is 76.6 Å². The van der Waals surface area contributed by atoms with Crippen molar-refractivity contribution in [2.45, 2.75) is 0 Å². The summed E-state index contributed by atoms with van der Waals surface area (Å²) in [6, 6.07) is 7.53. The lowest BCUT2D eigenvalue weighted by atomic mass is 10.3. The number of ether oxygens (including phenoxy) is 2. The van der Waals surface area contributed by atoms with E-state index in [0.29, 0.717) is 0 Å². The van der Waals surface area contributed by atoms with Gasteiger partial charge in [0.2, 0.25) is 6.08 Å². The van der Waals surface area contributed by atoms with Gasteiger partial charge in [0.1, 0.15) is 0 Å². The summed E-state index contributed by atoms with van der Waals surface area (Å²) in [7, 11) is 3.25. The van der Waals surface area contributed by atoms with E-state index < -0.39 is 0 Å². The highest BCUT2D eigenvalue weighted by Crippen LogP contribution is 2.24. The first-order chi connectivity index (χ1) is 6.29. The maximum absolute atomic E-state index is 8.35. The molecule has 0 bridgehead atoms. The van der Waals surface area contributed by atoms with Crippen molar-refractivity contribution < 1.29 is 14.3 Å². The van der Waals surface area contributed by atoms with Gasteiger partial charge < -0.3 is 9.47 Å². The van der Waals surface area contributed by atoms with Crippen LogP contribution in [-0.2, 0) is 4.79 Å². The van der Waals surface area contributed by atoms with Gasteiger partial charge in [0, 0.05) is 0 Å². The predicted octanol–water partition coefficient (Wildman–Crippen LogP) is 1.60. The summed E-state index contributed by atoms with van der Waals surface area (Å²) in [5.74, 6) is 1.54. The summed E-state index contributed by atoms with van der Waals surface area (Å²) in [5.41, 5.74) is 0. The number of nitrogens with one attached hydrogen (secondary N) is 1. The Morgan fingerprint density at radius 3 is 1.69 bits per heavy atom. The van der Waals surface area contributed by atoms with Crippen molar-refractivity contribution >= 4 is 6.08 Å². The Bertz CT molecular complexity index is 257. The molecular formula is C9H11NO3. The molecule has 1 N–H and O–H groups in total. The number of hydrogen-bond donors (Lipinski definition) is 1. The highest BCUT2D eigenvalue weighted by Gasteiger charge is 1.97. The Hall–Kier alpha value is -1.80. The van der Waals surface area contributed by atoms with Gasteiger partial charge in [-0.25, -0.2) is 10.2 Å². The van der Waals surface area contributed by atoms with E-state index in [0.717, 1.165) is 17.6 Å². The van der Waals surface area contributed by atoms with Gasteiger partial charge in [0.05, 0.1) is 14.2 Å². The molecule has 0 radical (unpaired) electrons. The molecule has 0 aliphatic rings. The van der Waals surface area contributed by atoms with Crippen molar-refractivity contribution in [1.82, 2.24) is 0 Å². The minimum absolute atomic E-state index is 0.750. The molecule has 1 aromatic rings. The van der Waals surface area contributed by atoms with Gasteiger partial charge in [0.15, 0.2) is 11.5 Å². The molecule has 0 heterocycles. The Balaban J connectivity index is 0.000000424. The lowest BCUT2D eigenvalue weighted by Crippen LogP contribution is -1.88. The molecule has 0 aliphatic heterocycles. The Morgan fingerprint density at radius 2 is 1.46 bits per heavy atom. The first-order valence-corrected chi connectivity index (χ1v) is 3.51. The molecule has 70 valence electrons. The normalized spacial score (nSPS) is 7.54. The van der Waals surface area contributed by atoms with Gasteiger partial charge in [-0.15, -0.1) is 0 Å². The maximum atomic E-state index is 8.35. The van der Waals surface area contributed by atoms with Gasteiger partial charge in [-0.05, 0) is 12.1 Å². The molecule has 0 fully saturated rings. The molecule has 0 saturated heterocycles. The molecular weight excluding hydrogens is 170 g/mol. The molecule has 0 spiro atoms. The van der Waals surface area contributed by atoms with E-state index >= 15 is 0 Å². The second-order valence-electron chi connectivity index (χ2n) is 1.96. The predicted molar refractivity (Wildman–Crippen MR) is 48.0 cm³/mol. The molecule has 0 saturated carbocycles. The minimum Gasteiger partial charge on any atom is -0.493 e. The van der Waals surface area contributed by atoms with Gasteiger partial charge in [-0.2, -0.15) is 0 Å². The average Bonchev–Trinajstić information content (AvgIpc) is 2.19. The molecule has 1 aromatic carbocycles. The van der Waals surface area contributed by atoms with Gasteiger partial charge in [-0.1, -0.05) is 12.1 Å². The number of isocyanates is 1. The number of para-hydroxylation sites is 2. The second kappa shape index (κ2) is 6.88. The highest BCUT2D eigenvalue weighted by atomic mass is 16.5. The number of carbonyl (C=O) groups excluding carboxylic acids is 1. The fourth-order valence-electron chi connectivity index (χ4n) is 0.787. The number of methoxy groups -OCH3 is 2. The second-order valence-corrected chi connectivity index (χ2v) is 1.96. The lowest BCUT2D eigenvalue weighted by molar-refractivity contribution is 0.355. The van der Waals surface area contributed by atoms with Crippen molar-refractivity contribution in [1.29, 1.82) is 5.41 Å². The first-order valence-electron chi connectivity index (χ1n) is 3.51. The van der Waals surface area contributed by atoms with E-state index in [1.807, 2.05) is 24.3 Å². The third-order valence-corrected chi connectivity index (χ3v) is 1.29. The monoisotopic (exact) mass is 181 g/mol. The molecule has 4 nitrogen and oxygen atoms in total. The van der Waals surface area contributed by atoms with Crippen LogP contribution in [0.5, 0.6) is 11.5 Å². The largest absolute Gasteiger partial charge is 0.493 e. The topological polar surface area (TPSA) is 59.4 Å². The van der Waals surface area contributed by atoms with E-state index in [2.05, 4.69) is 0 Å². The summed E-state index contributed by atoms with van der Waals surface area (Å²) in [6.07, 6.45) is 0.750. The molecule has 0 atom stereocenters. The quantitative estimate of drug-likeness (QED) is 0.557. The van der Waals surface area contributed by atoms with Crippen LogP contribution in [-0.4, -0.2) is 20.3 Å². The SMILES string of the molecule is COc1ccccc1OC.N=C=O. The van der Waals surface area contributed by atoms with E-state index in [9.17, 15) is 0 Å². The molecule has 0 aromatic heterocycles. The van der Waals surface area contributed by atoms with Crippen LogP contribution < -0.4 is 9.47 Å². The summed E-state index contributed by atoms with van der Waals surface area (Å²) in [6.45, 7) is 0. The van der Waals surface area contributed by atoms with Crippen LogP contribution in [0.25, 0.3) is 0 Å². The van der Waals surface area contributed by atoms with Gasteiger partial charge >= 0.3 is 0 Å². The first kappa shape index (κ1) is 11.2. The standard InChI is InChI=1S/C8H10O2.CHNO/c1-9-7-5-3-4-6-8(7)10-2;2-1-3/h3-6H,1-2H3;2H. The zero-order valence-electron chi connectivity index (χ0n) is 7.53. The van der Waals surface area contributed by atoms with Crippen LogP contribution >= 0.6 is 0 Å². The summed E-state index contributed by atoms with van der Waals surface area (Å²) < 4.78 is 10.0. The molecule has 13 heavy (non-hydrogen) atoms. The van der Waals surface area contributed by atoms with Crippen LogP contribution in [0.1, 0.15) is 0 Å². The zero-order valence-corrected chi connectivity index (χ0v) is 7.53. The third kappa shape index (κ3) is 3.94. The van der Waals surface area contributed by atoms with Crippen LogP contribution in [0.3, 0.4) is 0 Å². The van der Waals surface area contributed by atoms with Crippen molar-refractivity contribution in [3.8, 4) is 11.5 Å². The summed E-state index contributed by atoms with van der Waals surface area (Å²) in [4.78, 5) is 8.35. The van der Waals surface area contributed by atoms with E-state index in [1.165, 1.54) is 0 Å². The highest BCUT2D eigenvalue weighted by molar-refractivity contribution is 5.38. The van der Waals surface area contributed by atoms with E-state index in [-0.39, 0.29) is 0 Å². The average molecular weight is 181 g/mol. The van der Waals surface area contributed by atoms with Gasteiger partial charge in [-0.3, -0.25) is 0 Å². The summed E-state index contributed by atoms with van der Waals surface area (Å²) in [5, 5.41) is 5.40. The number of benzene rings is 1. The fourth-order valence-corrected chi connectivity index (χ4v) is 0.787.